The molecule has 0 aliphatic heterocycles. The van der Waals surface area contributed by atoms with Crippen molar-refractivity contribution in [2.24, 2.45) is 4.99 Å². The number of halogens is 1. The molecular weight excluding hydrogens is 433 g/mol. The average molecular weight is 459 g/mol. The van der Waals surface area contributed by atoms with Crippen molar-refractivity contribution in [3.05, 3.63) is 52.2 Å². The van der Waals surface area contributed by atoms with Gasteiger partial charge in [0, 0.05) is 30.6 Å². The fourth-order valence-corrected chi connectivity index (χ4v) is 3.00. The molecule has 0 unspecified atom stereocenters. The minimum Gasteiger partial charge on any atom is -0.496 e. The number of likely N-dealkylation sites (N-methyl/N-ethyl adjacent to an activating group) is 1. The normalized spacial score (nSPS) is 10.9. The van der Waals surface area contributed by atoms with Crippen molar-refractivity contribution in [3.63, 3.8) is 0 Å². The zero-order valence-corrected chi connectivity index (χ0v) is 17.6. The number of ether oxygens (including phenoxy) is 1. The summed E-state index contributed by atoms with van der Waals surface area (Å²) in [5, 5.41) is 5.48. The van der Waals surface area contributed by atoms with Crippen molar-refractivity contribution in [1.82, 2.24) is 10.2 Å². The van der Waals surface area contributed by atoms with Gasteiger partial charge in [-0.2, -0.15) is 0 Å². The highest BCUT2D eigenvalue weighted by molar-refractivity contribution is 14.0. The molecule has 0 saturated heterocycles. The summed E-state index contributed by atoms with van der Waals surface area (Å²) in [7, 11) is 3.78. The number of rotatable bonds is 7. The Labute approximate surface area is 166 Å². The van der Waals surface area contributed by atoms with Crippen molar-refractivity contribution in [3.8, 4) is 5.75 Å². The summed E-state index contributed by atoms with van der Waals surface area (Å²) in [6.07, 6.45) is 1.03. The predicted molar refractivity (Wildman–Crippen MR) is 114 cm³/mol. The van der Waals surface area contributed by atoms with E-state index in [4.69, 9.17) is 9.73 Å². The van der Waals surface area contributed by atoms with Crippen LogP contribution in [0.5, 0.6) is 5.75 Å². The molecule has 0 atom stereocenters. The number of aliphatic imine (C=N–C) groups is 1. The highest BCUT2D eigenvalue weighted by Crippen LogP contribution is 2.18. The molecule has 0 aliphatic carbocycles. The Bertz CT molecular complexity index is 616. The first-order chi connectivity index (χ1) is 11.2. The van der Waals surface area contributed by atoms with E-state index in [0.717, 1.165) is 36.8 Å². The largest absolute Gasteiger partial charge is 0.496 e. The first-order valence-corrected chi connectivity index (χ1v) is 8.76. The number of hydrogen-bond donors (Lipinski definition) is 1. The second-order valence-electron chi connectivity index (χ2n) is 5.23. The summed E-state index contributed by atoms with van der Waals surface area (Å²) in [5.74, 6) is 1.81. The van der Waals surface area contributed by atoms with Crippen LogP contribution in [0.15, 0.2) is 46.8 Å². The summed E-state index contributed by atoms with van der Waals surface area (Å²) >= 11 is 1.80. The third kappa shape index (κ3) is 6.32. The number of nitrogens with one attached hydrogen (secondary N) is 1. The summed E-state index contributed by atoms with van der Waals surface area (Å²) < 4.78 is 5.39. The Balaban J connectivity index is 0.00000288. The number of methoxy groups -OCH3 is 1. The summed E-state index contributed by atoms with van der Waals surface area (Å²) in [4.78, 5) is 8.33. The molecule has 1 heterocycles. The molecule has 0 spiro atoms. The van der Waals surface area contributed by atoms with Crippen LogP contribution in [0.1, 0.15) is 17.4 Å². The van der Waals surface area contributed by atoms with Crippen LogP contribution in [0.3, 0.4) is 0 Å². The third-order valence-corrected chi connectivity index (χ3v) is 4.50. The van der Waals surface area contributed by atoms with Crippen molar-refractivity contribution in [2.75, 3.05) is 27.2 Å². The van der Waals surface area contributed by atoms with Gasteiger partial charge in [0.15, 0.2) is 5.96 Å². The lowest BCUT2D eigenvalue weighted by molar-refractivity contribution is 0.409. The molecular formula is C18H26IN3OS. The average Bonchev–Trinajstić information content (AvgIpc) is 3.10. The Morgan fingerprint density at radius 1 is 1.25 bits per heavy atom. The van der Waals surface area contributed by atoms with Crippen molar-refractivity contribution in [2.45, 2.75) is 19.9 Å². The van der Waals surface area contributed by atoms with E-state index in [1.54, 1.807) is 18.4 Å². The van der Waals surface area contributed by atoms with Crippen LogP contribution in [-0.4, -0.2) is 38.1 Å². The van der Waals surface area contributed by atoms with Gasteiger partial charge in [0.05, 0.1) is 13.7 Å². The molecule has 2 aromatic rings. The van der Waals surface area contributed by atoms with E-state index in [0.29, 0.717) is 6.54 Å². The number of hydrogen-bond acceptors (Lipinski definition) is 3. The van der Waals surface area contributed by atoms with Crippen LogP contribution in [0, 0.1) is 0 Å². The number of guanidine groups is 1. The number of nitrogens with zero attached hydrogens (tertiary/aromatic N) is 2. The Hall–Kier alpha value is -1.28. The van der Waals surface area contributed by atoms with E-state index in [-0.39, 0.29) is 24.0 Å². The topological polar surface area (TPSA) is 36.9 Å². The van der Waals surface area contributed by atoms with Crippen LogP contribution in [0.25, 0.3) is 0 Å². The molecule has 1 aromatic heterocycles. The minimum atomic E-state index is 0. The smallest absolute Gasteiger partial charge is 0.193 e. The van der Waals surface area contributed by atoms with Crippen molar-refractivity contribution >= 4 is 41.3 Å². The number of benzene rings is 1. The van der Waals surface area contributed by atoms with Gasteiger partial charge in [-0.15, -0.1) is 35.3 Å². The maximum Gasteiger partial charge on any atom is 0.193 e. The minimum absolute atomic E-state index is 0. The fraction of sp³-hybridized carbons (Fsp3) is 0.389. The molecule has 2 rings (SSSR count). The van der Waals surface area contributed by atoms with E-state index in [1.807, 2.05) is 18.2 Å². The van der Waals surface area contributed by atoms with Gasteiger partial charge in [0.1, 0.15) is 5.75 Å². The van der Waals surface area contributed by atoms with E-state index < -0.39 is 0 Å². The van der Waals surface area contributed by atoms with Gasteiger partial charge in [-0.3, -0.25) is 0 Å². The van der Waals surface area contributed by atoms with Gasteiger partial charge >= 0.3 is 0 Å². The van der Waals surface area contributed by atoms with Gasteiger partial charge in [-0.25, -0.2) is 4.99 Å². The third-order valence-electron chi connectivity index (χ3n) is 3.56. The molecule has 0 amide bonds. The van der Waals surface area contributed by atoms with Gasteiger partial charge in [0.2, 0.25) is 0 Å². The van der Waals surface area contributed by atoms with Crippen molar-refractivity contribution in [1.29, 1.82) is 0 Å². The SMILES string of the molecule is CCNC(=NCc1ccccc1OC)N(C)CCc1cccs1.I. The molecule has 1 aromatic carbocycles. The second kappa shape index (κ2) is 11.3. The first kappa shape index (κ1) is 20.8. The molecule has 0 radical (unpaired) electrons. The molecule has 4 nitrogen and oxygen atoms in total. The number of thiophene rings is 1. The Morgan fingerprint density at radius 3 is 2.71 bits per heavy atom. The second-order valence-corrected chi connectivity index (χ2v) is 6.27. The highest BCUT2D eigenvalue weighted by Gasteiger charge is 2.07. The van der Waals surface area contributed by atoms with Crippen LogP contribution in [0.2, 0.25) is 0 Å². The van der Waals surface area contributed by atoms with Crippen LogP contribution in [-0.2, 0) is 13.0 Å². The highest BCUT2D eigenvalue weighted by atomic mass is 127. The summed E-state index contributed by atoms with van der Waals surface area (Å²) in [5.41, 5.74) is 1.09. The molecule has 1 N–H and O–H groups in total. The van der Waals surface area contributed by atoms with E-state index in [9.17, 15) is 0 Å². The zero-order valence-electron chi connectivity index (χ0n) is 14.5. The Morgan fingerprint density at radius 2 is 2.04 bits per heavy atom. The Kier molecular flexibility index (Phi) is 9.78. The molecule has 132 valence electrons. The lowest BCUT2D eigenvalue weighted by Gasteiger charge is -2.22. The molecule has 24 heavy (non-hydrogen) atoms. The maximum atomic E-state index is 5.39. The fourth-order valence-electron chi connectivity index (χ4n) is 2.30. The van der Waals surface area contributed by atoms with Gasteiger partial charge in [0.25, 0.3) is 0 Å². The molecule has 0 fully saturated rings. The van der Waals surface area contributed by atoms with Gasteiger partial charge in [-0.1, -0.05) is 24.3 Å². The maximum absolute atomic E-state index is 5.39. The van der Waals surface area contributed by atoms with Gasteiger partial charge < -0.3 is 15.0 Å². The lowest BCUT2D eigenvalue weighted by atomic mass is 10.2. The number of para-hydroxylation sites is 1. The van der Waals surface area contributed by atoms with E-state index >= 15 is 0 Å². The summed E-state index contributed by atoms with van der Waals surface area (Å²) in [6, 6.07) is 12.3. The standard InChI is InChI=1S/C18H25N3OS.HI/c1-4-19-18(21(2)12-11-16-9-7-13-23-16)20-14-15-8-5-6-10-17(15)22-3;/h5-10,13H,4,11-12,14H2,1-3H3,(H,19,20);1H. The molecule has 6 heteroatoms. The van der Waals surface area contributed by atoms with Gasteiger partial charge in [-0.05, 0) is 30.9 Å². The molecule has 0 saturated carbocycles. The predicted octanol–water partition coefficient (Wildman–Crippen LogP) is 4.01. The zero-order chi connectivity index (χ0) is 16.5. The van der Waals surface area contributed by atoms with Crippen LogP contribution >= 0.6 is 35.3 Å². The molecule has 0 aliphatic rings. The molecule has 0 bridgehead atoms. The first-order valence-electron chi connectivity index (χ1n) is 7.88. The van der Waals surface area contributed by atoms with Crippen LogP contribution in [0.4, 0.5) is 0 Å². The lowest BCUT2D eigenvalue weighted by Crippen LogP contribution is -2.39. The monoisotopic (exact) mass is 459 g/mol. The quantitative estimate of drug-likeness (QED) is 0.386. The van der Waals surface area contributed by atoms with Crippen molar-refractivity contribution < 1.29 is 4.74 Å². The van der Waals surface area contributed by atoms with E-state index in [1.165, 1.54) is 4.88 Å². The van der Waals surface area contributed by atoms with Crippen LogP contribution < -0.4 is 10.1 Å². The van der Waals surface area contributed by atoms with E-state index in [2.05, 4.69) is 47.8 Å². The summed E-state index contributed by atoms with van der Waals surface area (Å²) in [6.45, 7) is 4.49.